The van der Waals surface area contributed by atoms with Crippen molar-refractivity contribution >= 4 is 5.97 Å². The molecule has 0 radical (unpaired) electrons. The van der Waals surface area contributed by atoms with Crippen LogP contribution in [0.2, 0.25) is 0 Å². The Balaban J connectivity index is 1.84. The van der Waals surface area contributed by atoms with Gasteiger partial charge in [-0.1, -0.05) is 48.5 Å². The SMILES string of the molecule is COC(=O)c1ccccc1[C@@H]1CN(Cc2ccccc2)C[C@@H]1C#N. The highest BCUT2D eigenvalue weighted by Gasteiger charge is 2.35. The minimum atomic E-state index is -0.344. The van der Waals surface area contributed by atoms with E-state index in [4.69, 9.17) is 4.74 Å². The predicted molar refractivity (Wildman–Crippen MR) is 91.3 cm³/mol. The van der Waals surface area contributed by atoms with Gasteiger partial charge in [0.05, 0.1) is 24.7 Å². The summed E-state index contributed by atoms with van der Waals surface area (Å²) in [6.07, 6.45) is 0. The van der Waals surface area contributed by atoms with Gasteiger partial charge in [-0.2, -0.15) is 5.26 Å². The summed E-state index contributed by atoms with van der Waals surface area (Å²) in [5.41, 5.74) is 2.70. The van der Waals surface area contributed by atoms with E-state index < -0.39 is 0 Å². The number of likely N-dealkylation sites (tertiary alicyclic amines) is 1. The Kier molecular flexibility index (Phi) is 4.93. The van der Waals surface area contributed by atoms with Crippen LogP contribution in [0.3, 0.4) is 0 Å². The number of esters is 1. The van der Waals surface area contributed by atoms with Crippen molar-refractivity contribution < 1.29 is 9.53 Å². The summed E-state index contributed by atoms with van der Waals surface area (Å²) in [7, 11) is 1.39. The zero-order valence-corrected chi connectivity index (χ0v) is 13.7. The average molecular weight is 320 g/mol. The Bertz CT molecular complexity index is 752. The monoisotopic (exact) mass is 320 g/mol. The molecule has 0 saturated carbocycles. The lowest BCUT2D eigenvalue weighted by Gasteiger charge is -2.18. The molecule has 0 spiro atoms. The summed E-state index contributed by atoms with van der Waals surface area (Å²) in [6.45, 7) is 2.29. The number of hydrogen-bond donors (Lipinski definition) is 0. The van der Waals surface area contributed by atoms with E-state index in [0.29, 0.717) is 12.1 Å². The number of methoxy groups -OCH3 is 1. The highest BCUT2D eigenvalue weighted by Crippen LogP contribution is 2.35. The molecule has 0 unspecified atom stereocenters. The van der Waals surface area contributed by atoms with E-state index in [1.54, 1.807) is 6.07 Å². The van der Waals surface area contributed by atoms with Gasteiger partial charge in [-0.3, -0.25) is 4.90 Å². The molecule has 4 heteroatoms. The first-order valence-electron chi connectivity index (χ1n) is 8.06. The normalized spacial score (nSPS) is 20.5. The lowest BCUT2D eigenvalue weighted by molar-refractivity contribution is 0.0598. The minimum Gasteiger partial charge on any atom is -0.465 e. The second-order valence-electron chi connectivity index (χ2n) is 6.10. The van der Waals surface area contributed by atoms with Crippen LogP contribution in [0.15, 0.2) is 54.6 Å². The largest absolute Gasteiger partial charge is 0.465 e. The Labute approximate surface area is 142 Å². The second-order valence-corrected chi connectivity index (χ2v) is 6.10. The van der Waals surface area contributed by atoms with Crippen molar-refractivity contribution in [1.29, 1.82) is 5.26 Å². The highest BCUT2D eigenvalue weighted by atomic mass is 16.5. The Morgan fingerprint density at radius 2 is 1.88 bits per heavy atom. The molecule has 2 aromatic carbocycles. The first-order chi connectivity index (χ1) is 11.7. The molecule has 0 amide bonds. The van der Waals surface area contributed by atoms with Gasteiger partial charge < -0.3 is 4.74 Å². The number of benzene rings is 2. The summed E-state index contributed by atoms with van der Waals surface area (Å²) in [5.74, 6) is -0.447. The molecule has 1 heterocycles. The number of carbonyl (C=O) groups excluding carboxylic acids is 1. The van der Waals surface area contributed by atoms with E-state index in [9.17, 15) is 10.1 Å². The maximum Gasteiger partial charge on any atom is 0.338 e. The summed E-state index contributed by atoms with van der Waals surface area (Å²) < 4.78 is 4.89. The average Bonchev–Trinajstić information content (AvgIpc) is 3.04. The van der Waals surface area contributed by atoms with E-state index in [2.05, 4.69) is 23.1 Å². The Morgan fingerprint density at radius 3 is 2.58 bits per heavy atom. The van der Waals surface area contributed by atoms with Crippen molar-refractivity contribution in [3.63, 3.8) is 0 Å². The number of rotatable bonds is 4. The number of hydrogen-bond acceptors (Lipinski definition) is 4. The van der Waals surface area contributed by atoms with Crippen LogP contribution in [0.4, 0.5) is 0 Å². The van der Waals surface area contributed by atoms with Crippen molar-refractivity contribution in [3.8, 4) is 6.07 Å². The van der Waals surface area contributed by atoms with Gasteiger partial charge in [0.1, 0.15) is 0 Å². The molecule has 0 aromatic heterocycles. The van der Waals surface area contributed by atoms with E-state index in [0.717, 1.165) is 18.7 Å². The molecule has 0 aliphatic carbocycles. The third-order valence-corrected chi connectivity index (χ3v) is 4.58. The lowest BCUT2D eigenvalue weighted by Crippen LogP contribution is -2.20. The van der Waals surface area contributed by atoms with Crippen molar-refractivity contribution in [3.05, 3.63) is 71.3 Å². The van der Waals surface area contributed by atoms with Gasteiger partial charge in [0.15, 0.2) is 0 Å². The molecule has 1 aliphatic heterocycles. The van der Waals surface area contributed by atoms with Gasteiger partial charge in [-0.25, -0.2) is 4.79 Å². The number of ether oxygens (including phenoxy) is 1. The summed E-state index contributed by atoms with van der Waals surface area (Å²) in [4.78, 5) is 14.3. The molecule has 3 rings (SSSR count). The van der Waals surface area contributed by atoms with Gasteiger partial charge >= 0.3 is 5.97 Å². The third kappa shape index (κ3) is 3.32. The predicted octanol–water partition coefficient (Wildman–Crippen LogP) is 3.21. The van der Waals surface area contributed by atoms with Crippen LogP contribution in [-0.4, -0.2) is 31.1 Å². The maximum absolute atomic E-state index is 12.0. The van der Waals surface area contributed by atoms with Crippen LogP contribution in [0.1, 0.15) is 27.4 Å². The van der Waals surface area contributed by atoms with Crippen LogP contribution in [-0.2, 0) is 11.3 Å². The molecule has 1 saturated heterocycles. The molecule has 2 aromatic rings. The summed E-state index contributed by atoms with van der Waals surface area (Å²) >= 11 is 0. The Morgan fingerprint density at radius 1 is 1.17 bits per heavy atom. The van der Waals surface area contributed by atoms with Crippen molar-refractivity contribution in [2.24, 2.45) is 5.92 Å². The molecule has 0 N–H and O–H groups in total. The molecule has 122 valence electrons. The van der Waals surface area contributed by atoms with Crippen LogP contribution in [0.25, 0.3) is 0 Å². The number of nitriles is 1. The Hall–Kier alpha value is -2.64. The maximum atomic E-state index is 12.0. The smallest absolute Gasteiger partial charge is 0.338 e. The van der Waals surface area contributed by atoms with Crippen molar-refractivity contribution in [1.82, 2.24) is 4.90 Å². The molecule has 24 heavy (non-hydrogen) atoms. The van der Waals surface area contributed by atoms with E-state index in [-0.39, 0.29) is 17.8 Å². The van der Waals surface area contributed by atoms with E-state index >= 15 is 0 Å². The summed E-state index contributed by atoms with van der Waals surface area (Å²) in [5, 5.41) is 9.58. The molecule has 1 fully saturated rings. The van der Waals surface area contributed by atoms with E-state index in [1.165, 1.54) is 12.7 Å². The molecular formula is C20H20N2O2. The van der Waals surface area contributed by atoms with Crippen LogP contribution < -0.4 is 0 Å². The third-order valence-electron chi connectivity index (χ3n) is 4.58. The zero-order chi connectivity index (χ0) is 16.9. The zero-order valence-electron chi connectivity index (χ0n) is 13.7. The van der Waals surface area contributed by atoms with Gasteiger partial charge in [0, 0.05) is 25.6 Å². The van der Waals surface area contributed by atoms with Crippen LogP contribution >= 0.6 is 0 Å². The molecule has 1 aliphatic rings. The molecular weight excluding hydrogens is 300 g/mol. The number of carbonyl (C=O) groups is 1. The van der Waals surface area contributed by atoms with E-state index in [1.807, 2.05) is 36.4 Å². The van der Waals surface area contributed by atoms with Gasteiger partial charge in [0.25, 0.3) is 0 Å². The lowest BCUT2D eigenvalue weighted by atomic mass is 9.87. The van der Waals surface area contributed by atoms with Crippen molar-refractivity contribution in [2.45, 2.75) is 12.5 Å². The number of nitrogens with zero attached hydrogens (tertiary/aromatic N) is 2. The van der Waals surface area contributed by atoms with Crippen molar-refractivity contribution in [2.75, 3.05) is 20.2 Å². The highest BCUT2D eigenvalue weighted by molar-refractivity contribution is 5.91. The fourth-order valence-electron chi connectivity index (χ4n) is 3.42. The fourth-order valence-corrected chi connectivity index (χ4v) is 3.42. The first-order valence-corrected chi connectivity index (χ1v) is 8.06. The molecule has 4 nitrogen and oxygen atoms in total. The topological polar surface area (TPSA) is 53.3 Å². The first kappa shape index (κ1) is 16.2. The standard InChI is InChI=1S/C20H20N2O2/c1-24-20(23)18-10-6-5-9-17(18)19-14-22(13-16(19)11-21)12-15-7-3-2-4-8-15/h2-10,16,19H,12-14H2,1H3/t16-,19+/m0/s1. The quantitative estimate of drug-likeness (QED) is 0.812. The van der Waals surface area contributed by atoms with Gasteiger partial charge in [-0.05, 0) is 17.2 Å². The van der Waals surface area contributed by atoms with Gasteiger partial charge in [-0.15, -0.1) is 0 Å². The fraction of sp³-hybridized carbons (Fsp3) is 0.300. The van der Waals surface area contributed by atoms with Gasteiger partial charge in [0.2, 0.25) is 0 Å². The van der Waals surface area contributed by atoms with Crippen LogP contribution in [0.5, 0.6) is 0 Å². The van der Waals surface area contributed by atoms with Crippen LogP contribution in [0, 0.1) is 17.2 Å². The molecule has 2 atom stereocenters. The summed E-state index contributed by atoms with van der Waals surface area (Å²) in [6, 6.07) is 20.1. The minimum absolute atomic E-state index is 0.0222. The molecule has 0 bridgehead atoms. The second kappa shape index (κ2) is 7.29.